The third-order valence-corrected chi connectivity index (χ3v) is 3.40. The summed E-state index contributed by atoms with van der Waals surface area (Å²) in [7, 11) is 1.59. The fourth-order valence-corrected chi connectivity index (χ4v) is 2.56. The van der Waals surface area contributed by atoms with Crippen LogP contribution in [-0.4, -0.2) is 32.8 Å². The zero-order valence-electron chi connectivity index (χ0n) is 11.1. The van der Waals surface area contributed by atoms with Crippen LogP contribution in [0.5, 0.6) is 5.75 Å². The van der Waals surface area contributed by atoms with Gasteiger partial charge < -0.3 is 15.0 Å². The molecule has 1 aromatic carbocycles. The maximum absolute atomic E-state index is 13.2. The lowest BCUT2D eigenvalue weighted by atomic mass is 10.0. The summed E-state index contributed by atoms with van der Waals surface area (Å²) in [5.74, 6) is 0.364. The molecule has 0 amide bonds. The molecule has 2 rings (SSSR count). The van der Waals surface area contributed by atoms with Gasteiger partial charge in [0.1, 0.15) is 11.6 Å². The number of halogens is 1. The first-order chi connectivity index (χ1) is 8.74. The van der Waals surface area contributed by atoms with Gasteiger partial charge in [0.05, 0.1) is 12.8 Å². The average Bonchev–Trinajstić information content (AvgIpc) is 2.39. The molecular formula is C14H21FN2O. The lowest BCUT2D eigenvalue weighted by Crippen LogP contribution is -2.45. The van der Waals surface area contributed by atoms with Gasteiger partial charge in [0.2, 0.25) is 0 Å². The van der Waals surface area contributed by atoms with Crippen LogP contribution in [0.1, 0.15) is 19.8 Å². The maximum atomic E-state index is 13.2. The molecule has 1 saturated heterocycles. The molecule has 0 radical (unpaired) electrons. The predicted molar refractivity (Wildman–Crippen MR) is 71.9 cm³/mol. The second-order valence-electron chi connectivity index (χ2n) is 4.66. The van der Waals surface area contributed by atoms with Crippen LogP contribution in [0, 0.1) is 5.82 Å². The van der Waals surface area contributed by atoms with Crippen LogP contribution in [0.2, 0.25) is 0 Å². The van der Waals surface area contributed by atoms with Gasteiger partial charge in [0.15, 0.2) is 0 Å². The summed E-state index contributed by atoms with van der Waals surface area (Å²) in [6.07, 6.45) is 2.35. The zero-order chi connectivity index (χ0) is 13.0. The quantitative estimate of drug-likeness (QED) is 0.890. The molecule has 0 bridgehead atoms. The third-order valence-electron chi connectivity index (χ3n) is 3.40. The summed E-state index contributed by atoms with van der Waals surface area (Å²) >= 11 is 0. The molecular weight excluding hydrogens is 231 g/mol. The van der Waals surface area contributed by atoms with Crippen LogP contribution in [0.3, 0.4) is 0 Å². The molecule has 3 nitrogen and oxygen atoms in total. The number of methoxy groups -OCH3 is 1. The summed E-state index contributed by atoms with van der Waals surface area (Å²) in [6.45, 7) is 5.07. The number of ether oxygens (including phenoxy) is 1. The predicted octanol–water partition coefficient (Wildman–Crippen LogP) is 2.41. The van der Waals surface area contributed by atoms with E-state index in [1.54, 1.807) is 7.11 Å². The van der Waals surface area contributed by atoms with Crippen molar-refractivity contribution in [3.05, 3.63) is 24.0 Å². The Morgan fingerprint density at radius 1 is 1.50 bits per heavy atom. The van der Waals surface area contributed by atoms with Gasteiger partial charge in [-0.15, -0.1) is 0 Å². The number of likely N-dealkylation sites (N-methyl/N-ethyl adjacent to an activating group) is 1. The van der Waals surface area contributed by atoms with Crippen molar-refractivity contribution in [2.45, 2.75) is 25.8 Å². The molecule has 1 aromatic rings. The van der Waals surface area contributed by atoms with Crippen molar-refractivity contribution in [1.82, 2.24) is 5.32 Å². The Labute approximate surface area is 108 Å². The van der Waals surface area contributed by atoms with Gasteiger partial charge in [0, 0.05) is 25.2 Å². The van der Waals surface area contributed by atoms with E-state index in [4.69, 9.17) is 4.74 Å². The van der Waals surface area contributed by atoms with Crippen LogP contribution in [-0.2, 0) is 0 Å². The van der Waals surface area contributed by atoms with E-state index < -0.39 is 0 Å². The number of nitrogens with zero attached hydrogens (tertiary/aromatic N) is 1. The second-order valence-corrected chi connectivity index (χ2v) is 4.66. The first kappa shape index (κ1) is 13.1. The van der Waals surface area contributed by atoms with Crippen LogP contribution in [0.25, 0.3) is 0 Å². The summed E-state index contributed by atoms with van der Waals surface area (Å²) in [4.78, 5) is 2.27. The first-order valence-corrected chi connectivity index (χ1v) is 6.56. The average molecular weight is 252 g/mol. The van der Waals surface area contributed by atoms with Crippen LogP contribution in [0.15, 0.2) is 18.2 Å². The Hall–Kier alpha value is -1.29. The van der Waals surface area contributed by atoms with Gasteiger partial charge >= 0.3 is 0 Å². The van der Waals surface area contributed by atoms with Crippen LogP contribution in [0.4, 0.5) is 10.1 Å². The van der Waals surface area contributed by atoms with Crippen molar-refractivity contribution in [3.8, 4) is 5.75 Å². The van der Waals surface area contributed by atoms with E-state index in [-0.39, 0.29) is 5.82 Å². The second kappa shape index (κ2) is 6.05. The molecule has 18 heavy (non-hydrogen) atoms. The number of nitrogens with one attached hydrogen (secondary N) is 1. The van der Waals surface area contributed by atoms with Crippen molar-refractivity contribution >= 4 is 5.69 Å². The number of rotatable bonds is 4. The van der Waals surface area contributed by atoms with E-state index >= 15 is 0 Å². The molecule has 4 heteroatoms. The lowest BCUT2D eigenvalue weighted by molar-refractivity contribution is 0.400. The number of hydrogen-bond acceptors (Lipinski definition) is 3. The van der Waals surface area contributed by atoms with Gasteiger partial charge in [-0.3, -0.25) is 0 Å². The molecule has 100 valence electrons. The molecule has 1 N–H and O–H groups in total. The van der Waals surface area contributed by atoms with Gasteiger partial charge in [-0.2, -0.15) is 0 Å². The highest BCUT2D eigenvalue weighted by atomic mass is 19.1. The molecule has 0 saturated carbocycles. The highest BCUT2D eigenvalue weighted by Crippen LogP contribution is 2.30. The number of hydrogen-bond donors (Lipinski definition) is 1. The number of piperidine rings is 1. The van der Waals surface area contributed by atoms with E-state index in [0.29, 0.717) is 11.8 Å². The highest BCUT2D eigenvalue weighted by molar-refractivity contribution is 5.59. The van der Waals surface area contributed by atoms with Gasteiger partial charge in [-0.25, -0.2) is 4.39 Å². The minimum atomic E-state index is -0.254. The molecule has 1 aliphatic rings. The standard InChI is InChI=1S/C14H21FN2O/c1-3-16-12-5-4-8-17(10-12)13-7-6-11(15)9-14(13)18-2/h6-7,9,12,16H,3-5,8,10H2,1-2H3. The van der Waals surface area contributed by atoms with E-state index in [0.717, 1.165) is 31.7 Å². The molecule has 0 aromatic heterocycles. The summed E-state index contributed by atoms with van der Waals surface area (Å²) < 4.78 is 18.5. The molecule has 0 spiro atoms. The SMILES string of the molecule is CCNC1CCCN(c2ccc(F)cc2OC)C1. The van der Waals surface area contributed by atoms with Crippen molar-refractivity contribution in [2.24, 2.45) is 0 Å². The smallest absolute Gasteiger partial charge is 0.145 e. The number of anilines is 1. The largest absolute Gasteiger partial charge is 0.494 e. The Morgan fingerprint density at radius 2 is 2.33 bits per heavy atom. The topological polar surface area (TPSA) is 24.5 Å². The van der Waals surface area contributed by atoms with Gasteiger partial charge in [-0.1, -0.05) is 6.92 Å². The van der Waals surface area contributed by atoms with Gasteiger partial charge in [0.25, 0.3) is 0 Å². The maximum Gasteiger partial charge on any atom is 0.145 e. The molecule has 1 heterocycles. The van der Waals surface area contributed by atoms with Crippen molar-refractivity contribution in [3.63, 3.8) is 0 Å². The Kier molecular flexibility index (Phi) is 4.42. The Balaban J connectivity index is 2.15. The minimum Gasteiger partial charge on any atom is -0.494 e. The third kappa shape index (κ3) is 2.93. The summed E-state index contributed by atoms with van der Waals surface area (Å²) in [5.41, 5.74) is 0.988. The monoisotopic (exact) mass is 252 g/mol. The van der Waals surface area contributed by atoms with Crippen LogP contribution >= 0.6 is 0 Å². The van der Waals surface area contributed by atoms with E-state index in [2.05, 4.69) is 17.1 Å². The molecule has 1 atom stereocenters. The number of benzene rings is 1. The van der Waals surface area contributed by atoms with E-state index in [1.165, 1.54) is 18.6 Å². The Morgan fingerprint density at radius 3 is 3.06 bits per heavy atom. The highest BCUT2D eigenvalue weighted by Gasteiger charge is 2.21. The normalized spacial score (nSPS) is 19.9. The van der Waals surface area contributed by atoms with Crippen molar-refractivity contribution in [2.75, 3.05) is 31.6 Å². The van der Waals surface area contributed by atoms with Gasteiger partial charge in [-0.05, 0) is 31.5 Å². The van der Waals surface area contributed by atoms with Crippen molar-refractivity contribution < 1.29 is 9.13 Å². The molecule has 0 aliphatic carbocycles. The van der Waals surface area contributed by atoms with E-state index in [9.17, 15) is 4.39 Å². The Bertz CT molecular complexity index is 395. The zero-order valence-corrected chi connectivity index (χ0v) is 11.1. The summed E-state index contributed by atoms with van der Waals surface area (Å²) in [5, 5.41) is 3.48. The fraction of sp³-hybridized carbons (Fsp3) is 0.571. The van der Waals surface area contributed by atoms with Crippen LogP contribution < -0.4 is 15.0 Å². The first-order valence-electron chi connectivity index (χ1n) is 6.56. The molecule has 1 aliphatic heterocycles. The molecule has 1 unspecified atom stereocenters. The van der Waals surface area contributed by atoms with E-state index in [1.807, 2.05) is 6.07 Å². The fourth-order valence-electron chi connectivity index (χ4n) is 2.56. The molecule has 1 fully saturated rings. The lowest BCUT2D eigenvalue weighted by Gasteiger charge is -2.35. The minimum absolute atomic E-state index is 0.254. The van der Waals surface area contributed by atoms with Crippen molar-refractivity contribution in [1.29, 1.82) is 0 Å². The summed E-state index contributed by atoms with van der Waals surface area (Å²) in [6, 6.07) is 5.27.